The van der Waals surface area contributed by atoms with Crippen molar-refractivity contribution in [2.45, 2.75) is 173 Å². The molecule has 0 aromatic heterocycles. The Morgan fingerprint density at radius 3 is 1.02 bits per heavy atom. The SMILES string of the molecule is CC/C(COP(=O)(OC/C(CC)=C(/C)CC/C=C(\C)CC/C=C(\C)CCC=C(C)C)OP(=O)(O)O)=C(\C)CC/C=C(\C)CC/C=C(\C)CCC=C(C)C. The lowest BCUT2D eigenvalue weighted by atomic mass is 10.0. The molecule has 0 aliphatic heterocycles. The Hall–Kier alpha value is -1.82. The third-order valence-corrected chi connectivity index (χ3v) is 11.9. The maximum atomic E-state index is 13.6. The fraction of sp³-hybridized carbons (Fsp3) is 0.636. The number of rotatable bonds is 28. The summed E-state index contributed by atoms with van der Waals surface area (Å²) in [5.74, 6) is 0. The minimum Gasteiger partial charge on any atom is -0.302 e. The van der Waals surface area contributed by atoms with Crippen LogP contribution in [-0.2, 0) is 22.5 Å². The Kier molecular flexibility index (Phi) is 27.6. The van der Waals surface area contributed by atoms with Crippen LogP contribution in [0.3, 0.4) is 0 Å². The number of hydrogen-bond donors (Lipinski definition) is 2. The molecule has 0 aromatic carbocycles. The van der Waals surface area contributed by atoms with Crippen LogP contribution < -0.4 is 0 Å². The molecule has 0 bridgehead atoms. The van der Waals surface area contributed by atoms with E-state index in [1.165, 1.54) is 33.4 Å². The molecule has 304 valence electrons. The van der Waals surface area contributed by atoms with E-state index in [4.69, 9.17) is 9.05 Å². The molecule has 0 spiro atoms. The highest BCUT2D eigenvalue weighted by molar-refractivity contribution is 7.61. The molecule has 9 heteroatoms. The topological polar surface area (TPSA) is 102 Å². The molecule has 0 unspecified atom stereocenters. The molecule has 0 aliphatic carbocycles. The van der Waals surface area contributed by atoms with Gasteiger partial charge in [0.25, 0.3) is 0 Å². The van der Waals surface area contributed by atoms with Gasteiger partial charge in [-0.05, 0) is 170 Å². The van der Waals surface area contributed by atoms with Crippen molar-refractivity contribution in [3.63, 3.8) is 0 Å². The van der Waals surface area contributed by atoms with Crippen molar-refractivity contribution in [3.8, 4) is 0 Å². The molecule has 2 N–H and O–H groups in total. The molecule has 7 nitrogen and oxygen atoms in total. The molecule has 0 saturated heterocycles. The van der Waals surface area contributed by atoms with E-state index in [0.717, 1.165) is 99.3 Å². The van der Waals surface area contributed by atoms with Gasteiger partial charge in [-0.2, -0.15) is 4.31 Å². The smallest absolute Gasteiger partial charge is 0.302 e. The van der Waals surface area contributed by atoms with Crippen LogP contribution >= 0.6 is 15.6 Å². The quantitative estimate of drug-likeness (QED) is 0.0602. The Labute approximate surface area is 325 Å². The third-order valence-electron chi connectivity index (χ3n) is 9.33. The number of phosphoric ester groups is 1. The van der Waals surface area contributed by atoms with Crippen LogP contribution in [0.5, 0.6) is 0 Å². The zero-order valence-corrected chi connectivity index (χ0v) is 37.4. The van der Waals surface area contributed by atoms with Gasteiger partial charge in [0.1, 0.15) is 0 Å². The first-order valence-corrected chi connectivity index (χ1v) is 22.7. The number of hydrogen-bond acceptors (Lipinski definition) is 5. The summed E-state index contributed by atoms with van der Waals surface area (Å²) >= 11 is 0. The predicted octanol–water partition coefficient (Wildman–Crippen LogP) is 15.1. The molecule has 0 saturated carbocycles. The average Bonchev–Trinajstić information content (AvgIpc) is 3.04. The van der Waals surface area contributed by atoms with Gasteiger partial charge in [-0.1, -0.05) is 94.9 Å². The summed E-state index contributed by atoms with van der Waals surface area (Å²) in [5, 5.41) is 0. The Bertz CT molecular complexity index is 1350. The Balaban J connectivity index is 5.29. The van der Waals surface area contributed by atoms with Gasteiger partial charge in [0.15, 0.2) is 0 Å². The minimum absolute atomic E-state index is 0.0997. The summed E-state index contributed by atoms with van der Waals surface area (Å²) in [4.78, 5) is 19.1. The summed E-state index contributed by atoms with van der Waals surface area (Å²) in [6.07, 6.45) is 26.8. The fourth-order valence-electron chi connectivity index (χ4n) is 5.68. The fourth-order valence-corrected chi connectivity index (χ4v) is 7.81. The third kappa shape index (κ3) is 28.3. The molecule has 0 aromatic rings. The van der Waals surface area contributed by atoms with E-state index in [1.54, 1.807) is 0 Å². The second-order valence-electron chi connectivity index (χ2n) is 15.0. The molecule has 0 rings (SSSR count). The van der Waals surface area contributed by atoms with Gasteiger partial charge in [0.2, 0.25) is 0 Å². The average molecular weight is 779 g/mol. The molecule has 0 amide bonds. The van der Waals surface area contributed by atoms with Gasteiger partial charge in [-0.25, -0.2) is 9.13 Å². The van der Waals surface area contributed by atoms with Crippen molar-refractivity contribution in [2.24, 2.45) is 0 Å². The van der Waals surface area contributed by atoms with E-state index >= 15 is 0 Å². The number of phosphoric acid groups is 2. The zero-order valence-electron chi connectivity index (χ0n) is 35.6. The van der Waals surface area contributed by atoms with Gasteiger partial charge >= 0.3 is 15.6 Å². The van der Waals surface area contributed by atoms with Gasteiger partial charge in [-0.15, -0.1) is 0 Å². The summed E-state index contributed by atoms with van der Waals surface area (Å²) in [6, 6.07) is 0. The van der Waals surface area contributed by atoms with E-state index in [9.17, 15) is 18.9 Å². The normalized spacial score (nSPS) is 15.5. The van der Waals surface area contributed by atoms with E-state index in [-0.39, 0.29) is 13.2 Å². The number of allylic oxidation sites excluding steroid dienone is 14. The largest absolute Gasteiger partial charge is 0.484 e. The van der Waals surface area contributed by atoms with Crippen molar-refractivity contribution < 1.29 is 32.3 Å². The van der Waals surface area contributed by atoms with E-state index in [2.05, 4.69) is 96.2 Å². The highest BCUT2D eigenvalue weighted by Gasteiger charge is 2.36. The molecule has 0 fully saturated rings. The molecule has 0 heterocycles. The van der Waals surface area contributed by atoms with Crippen LogP contribution in [0.4, 0.5) is 0 Å². The van der Waals surface area contributed by atoms with Crippen LogP contribution in [0, 0.1) is 0 Å². The van der Waals surface area contributed by atoms with Gasteiger partial charge in [0.05, 0.1) is 13.2 Å². The minimum atomic E-state index is -5.15. The van der Waals surface area contributed by atoms with E-state index in [1.807, 2.05) is 27.7 Å². The Morgan fingerprint density at radius 1 is 0.472 bits per heavy atom. The summed E-state index contributed by atoms with van der Waals surface area (Å²) in [6.45, 7) is 25.1. The van der Waals surface area contributed by atoms with Gasteiger partial charge in [0, 0.05) is 0 Å². The predicted molar refractivity (Wildman–Crippen MR) is 228 cm³/mol. The lowest BCUT2D eigenvalue weighted by molar-refractivity contribution is 0.154. The van der Waals surface area contributed by atoms with Crippen molar-refractivity contribution >= 4 is 15.6 Å². The first-order valence-electron chi connectivity index (χ1n) is 19.7. The maximum Gasteiger partial charge on any atom is 0.484 e. The maximum absolute atomic E-state index is 13.6. The summed E-state index contributed by atoms with van der Waals surface area (Å²) < 4.78 is 41.2. The molecule has 0 aliphatic rings. The second kappa shape index (κ2) is 28.6. The molecule has 0 atom stereocenters. The van der Waals surface area contributed by atoms with Gasteiger partial charge in [-0.3, -0.25) is 9.05 Å². The lowest BCUT2D eigenvalue weighted by Crippen LogP contribution is -2.06. The van der Waals surface area contributed by atoms with Crippen molar-refractivity contribution in [1.82, 2.24) is 0 Å². The standard InChI is InChI=1S/C44H76O7P2/c1-13-43(41(11)31-19-29-39(9)27-17-25-37(7)23-15-21-35(3)4)33-49-53(48,51-52(45,46)47)50-34-44(14-2)42(12)32-20-30-40(10)28-18-26-38(8)24-16-22-36(5)6/h21-22,25-26,29-30H,13-20,23-24,27-28,31-34H2,1-12H3,(H2,45,46,47)/b37-25+,38-26+,39-29+,40-30+,43-41-,44-42-. The summed E-state index contributed by atoms with van der Waals surface area (Å²) in [7, 11) is -9.73. The highest BCUT2D eigenvalue weighted by Crippen LogP contribution is 2.61. The molecular weight excluding hydrogens is 702 g/mol. The second-order valence-corrected chi connectivity index (χ2v) is 18.1. The van der Waals surface area contributed by atoms with Crippen molar-refractivity contribution in [2.75, 3.05) is 13.2 Å². The molecule has 0 radical (unpaired) electrons. The Morgan fingerprint density at radius 2 is 0.755 bits per heavy atom. The van der Waals surface area contributed by atoms with Crippen LogP contribution in [0.25, 0.3) is 0 Å². The first kappa shape index (κ1) is 51.2. The first-order chi connectivity index (χ1) is 24.8. The highest BCUT2D eigenvalue weighted by atomic mass is 31.3. The van der Waals surface area contributed by atoms with Crippen molar-refractivity contribution in [3.05, 3.63) is 92.2 Å². The van der Waals surface area contributed by atoms with Crippen molar-refractivity contribution in [1.29, 1.82) is 0 Å². The molecular formula is C44H76O7P2. The van der Waals surface area contributed by atoms with Gasteiger partial charge < -0.3 is 9.79 Å². The molecule has 53 heavy (non-hydrogen) atoms. The van der Waals surface area contributed by atoms with E-state index in [0.29, 0.717) is 12.8 Å². The van der Waals surface area contributed by atoms with Crippen LogP contribution in [0.15, 0.2) is 92.2 Å². The van der Waals surface area contributed by atoms with Crippen LogP contribution in [0.2, 0.25) is 0 Å². The summed E-state index contributed by atoms with van der Waals surface area (Å²) in [5.41, 5.74) is 12.3. The van der Waals surface area contributed by atoms with Crippen LogP contribution in [0.1, 0.15) is 173 Å². The zero-order chi connectivity index (χ0) is 40.5. The monoisotopic (exact) mass is 779 g/mol. The lowest BCUT2D eigenvalue weighted by Gasteiger charge is -2.21. The van der Waals surface area contributed by atoms with E-state index < -0.39 is 15.6 Å². The van der Waals surface area contributed by atoms with Crippen LogP contribution in [-0.4, -0.2) is 23.0 Å².